The van der Waals surface area contributed by atoms with E-state index in [1.807, 2.05) is 0 Å². The van der Waals surface area contributed by atoms with Gasteiger partial charge in [0.05, 0.1) is 0 Å². The van der Waals surface area contributed by atoms with Gasteiger partial charge in [0.1, 0.15) is 0 Å². The molecule has 0 bridgehead atoms. The van der Waals surface area contributed by atoms with Crippen molar-refractivity contribution in [1.29, 1.82) is 0 Å². The summed E-state index contributed by atoms with van der Waals surface area (Å²) in [4.78, 5) is 0. The van der Waals surface area contributed by atoms with E-state index in [-0.39, 0.29) is 0 Å². The van der Waals surface area contributed by atoms with Crippen LogP contribution in [0, 0.1) is 12.8 Å². The van der Waals surface area contributed by atoms with Gasteiger partial charge >= 0.3 is 0 Å². The summed E-state index contributed by atoms with van der Waals surface area (Å²) >= 11 is 3.50. The third-order valence-electron chi connectivity index (χ3n) is 3.58. The van der Waals surface area contributed by atoms with Crippen LogP contribution in [0.3, 0.4) is 0 Å². The highest BCUT2D eigenvalue weighted by Crippen LogP contribution is 2.25. The van der Waals surface area contributed by atoms with Gasteiger partial charge in [-0.3, -0.25) is 0 Å². The van der Waals surface area contributed by atoms with Crippen LogP contribution in [0.4, 0.5) is 0 Å². The van der Waals surface area contributed by atoms with Crippen molar-refractivity contribution < 1.29 is 0 Å². The molecular weight excluding hydrogens is 262 g/mol. The maximum absolute atomic E-state index is 3.67. The molecule has 0 aliphatic heterocycles. The second kappa shape index (κ2) is 5.33. The highest BCUT2D eigenvalue weighted by atomic mass is 79.9. The van der Waals surface area contributed by atoms with Crippen molar-refractivity contribution in [2.75, 3.05) is 0 Å². The first-order chi connectivity index (χ1) is 7.65. The van der Waals surface area contributed by atoms with Gasteiger partial charge in [-0.05, 0) is 55.4 Å². The Morgan fingerprint density at radius 2 is 2.19 bits per heavy atom. The summed E-state index contributed by atoms with van der Waals surface area (Å²) in [5.41, 5.74) is 2.79. The number of aryl methyl sites for hydroxylation is 1. The lowest BCUT2D eigenvalue weighted by Crippen LogP contribution is -2.26. The Balaban J connectivity index is 1.89. The summed E-state index contributed by atoms with van der Waals surface area (Å²) in [5, 5.41) is 3.67. The van der Waals surface area contributed by atoms with Crippen LogP contribution in [-0.4, -0.2) is 6.04 Å². The van der Waals surface area contributed by atoms with E-state index >= 15 is 0 Å². The van der Waals surface area contributed by atoms with Gasteiger partial charge in [0.2, 0.25) is 0 Å². The van der Waals surface area contributed by atoms with Gasteiger partial charge in [0.25, 0.3) is 0 Å². The summed E-state index contributed by atoms with van der Waals surface area (Å²) in [6.07, 6.45) is 4.07. The van der Waals surface area contributed by atoms with Gasteiger partial charge in [-0.15, -0.1) is 0 Å². The van der Waals surface area contributed by atoms with Crippen LogP contribution in [0.25, 0.3) is 0 Å². The molecule has 1 aliphatic rings. The third-order valence-corrected chi connectivity index (χ3v) is 4.07. The van der Waals surface area contributed by atoms with Crippen molar-refractivity contribution in [3.8, 4) is 0 Å². The van der Waals surface area contributed by atoms with E-state index in [0.717, 1.165) is 18.5 Å². The molecule has 0 spiro atoms. The minimum absolute atomic E-state index is 0.734. The van der Waals surface area contributed by atoms with Crippen molar-refractivity contribution in [2.45, 2.75) is 45.7 Å². The first-order valence-electron chi connectivity index (χ1n) is 6.13. The maximum Gasteiger partial charge on any atom is 0.0210 e. The predicted molar refractivity (Wildman–Crippen MR) is 72.5 cm³/mol. The Bertz CT molecular complexity index is 362. The van der Waals surface area contributed by atoms with E-state index in [4.69, 9.17) is 0 Å². The summed E-state index contributed by atoms with van der Waals surface area (Å²) in [6.45, 7) is 5.54. The Hall–Kier alpha value is -0.340. The summed E-state index contributed by atoms with van der Waals surface area (Å²) < 4.78 is 1.17. The summed E-state index contributed by atoms with van der Waals surface area (Å²) in [6, 6.07) is 7.26. The smallest absolute Gasteiger partial charge is 0.0210 e. The molecule has 0 radical (unpaired) electrons. The van der Waals surface area contributed by atoms with Crippen LogP contribution < -0.4 is 5.32 Å². The fourth-order valence-electron chi connectivity index (χ4n) is 2.50. The Morgan fingerprint density at radius 1 is 1.38 bits per heavy atom. The second-order valence-electron chi connectivity index (χ2n) is 5.07. The van der Waals surface area contributed by atoms with Crippen LogP contribution >= 0.6 is 15.9 Å². The van der Waals surface area contributed by atoms with Gasteiger partial charge in [-0.2, -0.15) is 0 Å². The lowest BCUT2D eigenvalue weighted by molar-refractivity contribution is 0.501. The monoisotopic (exact) mass is 281 g/mol. The number of benzene rings is 1. The first kappa shape index (κ1) is 12.1. The molecule has 2 rings (SSSR count). The van der Waals surface area contributed by atoms with Crippen LogP contribution in [0.5, 0.6) is 0 Å². The lowest BCUT2D eigenvalue weighted by Gasteiger charge is -2.14. The number of halogens is 1. The van der Waals surface area contributed by atoms with Crippen LogP contribution in [0.1, 0.15) is 37.3 Å². The molecule has 2 unspecified atom stereocenters. The van der Waals surface area contributed by atoms with E-state index < -0.39 is 0 Å². The van der Waals surface area contributed by atoms with Gasteiger partial charge in [0.15, 0.2) is 0 Å². The molecule has 0 aromatic heterocycles. The van der Waals surface area contributed by atoms with Crippen molar-refractivity contribution in [2.24, 2.45) is 5.92 Å². The average Bonchev–Trinajstić information content (AvgIpc) is 2.63. The molecule has 1 saturated carbocycles. The average molecular weight is 282 g/mol. The Labute approximate surface area is 107 Å². The molecule has 1 aromatic rings. The second-order valence-corrected chi connectivity index (χ2v) is 5.98. The molecule has 1 nitrogen and oxygen atoms in total. The van der Waals surface area contributed by atoms with E-state index in [9.17, 15) is 0 Å². The van der Waals surface area contributed by atoms with Gasteiger partial charge < -0.3 is 5.32 Å². The van der Waals surface area contributed by atoms with Crippen molar-refractivity contribution in [3.05, 3.63) is 33.8 Å². The highest BCUT2D eigenvalue weighted by Gasteiger charge is 2.20. The predicted octanol–water partition coefficient (Wildman–Crippen LogP) is 4.04. The highest BCUT2D eigenvalue weighted by molar-refractivity contribution is 9.10. The molecule has 0 amide bonds. The van der Waals surface area contributed by atoms with Crippen LogP contribution in [-0.2, 0) is 6.54 Å². The molecular formula is C14H20BrN. The molecule has 2 atom stereocenters. The van der Waals surface area contributed by atoms with Crippen molar-refractivity contribution in [3.63, 3.8) is 0 Å². The standard InChI is InChI=1S/C14H20BrN/c1-10-3-6-14(7-10)16-9-12-4-5-13(15)8-11(12)2/h4-5,8,10,14,16H,3,6-7,9H2,1-2H3. The fourth-order valence-corrected chi connectivity index (χ4v) is 2.98. The fraction of sp³-hybridized carbons (Fsp3) is 0.571. The summed E-state index contributed by atoms with van der Waals surface area (Å²) in [7, 11) is 0. The number of hydrogen-bond donors (Lipinski definition) is 1. The minimum atomic E-state index is 0.734. The number of rotatable bonds is 3. The largest absolute Gasteiger partial charge is 0.310 e. The molecule has 1 fully saturated rings. The van der Waals surface area contributed by atoms with Gasteiger partial charge in [-0.25, -0.2) is 0 Å². The zero-order valence-corrected chi connectivity index (χ0v) is 11.7. The van der Waals surface area contributed by atoms with E-state index in [1.54, 1.807) is 0 Å². The molecule has 1 aromatic carbocycles. The Morgan fingerprint density at radius 3 is 2.81 bits per heavy atom. The topological polar surface area (TPSA) is 12.0 Å². The van der Waals surface area contributed by atoms with E-state index in [0.29, 0.717) is 0 Å². The first-order valence-corrected chi connectivity index (χ1v) is 6.93. The van der Waals surface area contributed by atoms with Gasteiger partial charge in [-0.1, -0.05) is 28.9 Å². The molecule has 0 heterocycles. The molecule has 1 N–H and O–H groups in total. The van der Waals surface area contributed by atoms with Crippen molar-refractivity contribution in [1.82, 2.24) is 5.32 Å². The van der Waals surface area contributed by atoms with E-state index in [1.165, 1.54) is 34.9 Å². The molecule has 0 saturated heterocycles. The lowest BCUT2D eigenvalue weighted by atomic mass is 10.1. The third kappa shape index (κ3) is 3.08. The maximum atomic E-state index is 3.67. The molecule has 2 heteroatoms. The zero-order valence-electron chi connectivity index (χ0n) is 10.1. The van der Waals surface area contributed by atoms with E-state index in [2.05, 4.69) is 53.3 Å². The summed E-state index contributed by atoms with van der Waals surface area (Å²) in [5.74, 6) is 0.906. The minimum Gasteiger partial charge on any atom is -0.310 e. The van der Waals surface area contributed by atoms with Crippen LogP contribution in [0.2, 0.25) is 0 Å². The molecule has 1 aliphatic carbocycles. The van der Waals surface area contributed by atoms with Crippen LogP contribution in [0.15, 0.2) is 22.7 Å². The number of hydrogen-bond acceptors (Lipinski definition) is 1. The number of nitrogens with one attached hydrogen (secondary N) is 1. The van der Waals surface area contributed by atoms with Gasteiger partial charge in [0, 0.05) is 17.1 Å². The quantitative estimate of drug-likeness (QED) is 0.882. The normalized spacial score (nSPS) is 24.9. The Kier molecular flexibility index (Phi) is 4.04. The SMILES string of the molecule is Cc1cc(Br)ccc1CNC1CCC(C)C1. The zero-order chi connectivity index (χ0) is 11.5. The molecule has 16 heavy (non-hydrogen) atoms. The molecule has 88 valence electrons. The van der Waals surface area contributed by atoms with Crippen molar-refractivity contribution >= 4 is 15.9 Å².